The molecule has 0 saturated carbocycles. The molecule has 0 spiro atoms. The number of nitrogens with zero attached hydrogens (tertiary/aromatic N) is 4. The summed E-state index contributed by atoms with van der Waals surface area (Å²) in [6.07, 6.45) is 3.65. The van der Waals surface area contributed by atoms with E-state index in [1.807, 2.05) is 58.0 Å². The molecule has 4 rings (SSSR count). The van der Waals surface area contributed by atoms with Gasteiger partial charge in [0.15, 0.2) is 12.0 Å². The van der Waals surface area contributed by atoms with Gasteiger partial charge in [-0.3, -0.25) is 9.78 Å². The number of hydrogen-bond donors (Lipinski definition) is 1. The van der Waals surface area contributed by atoms with E-state index in [4.69, 9.17) is 32.7 Å². The molecule has 12 heteroatoms. The first kappa shape index (κ1) is 30.7. The number of halogens is 2. The number of carbonyl (C=O) groups excluding carboxylic acids is 1. The maximum absolute atomic E-state index is 12.6. The molecule has 2 atom stereocenters. The Morgan fingerprint density at radius 1 is 0.878 bits per heavy atom. The summed E-state index contributed by atoms with van der Waals surface area (Å²) in [5, 5.41) is 0.808. The van der Waals surface area contributed by atoms with Gasteiger partial charge < -0.3 is 14.0 Å². The highest BCUT2D eigenvalue weighted by molar-refractivity contribution is 7.90. The molecule has 1 unspecified atom stereocenters. The number of aromatic nitrogens is 4. The minimum Gasteiger partial charge on any atom is -0.598 e. The summed E-state index contributed by atoms with van der Waals surface area (Å²) in [7, 11) is 2.92. The van der Waals surface area contributed by atoms with Crippen LogP contribution in [0.1, 0.15) is 49.9 Å². The molecule has 0 fully saturated rings. The zero-order chi connectivity index (χ0) is 29.9. The lowest BCUT2D eigenvalue weighted by atomic mass is 9.98. The minimum atomic E-state index is -1.31. The van der Waals surface area contributed by atoms with Gasteiger partial charge in [0, 0.05) is 33.6 Å². The fourth-order valence-corrected chi connectivity index (χ4v) is 5.40. The van der Waals surface area contributed by atoms with Crippen molar-refractivity contribution in [3.05, 3.63) is 70.2 Å². The maximum atomic E-state index is 12.6. The highest BCUT2D eigenvalue weighted by Gasteiger charge is 2.30. The van der Waals surface area contributed by atoms with Crippen molar-refractivity contribution < 1.29 is 18.8 Å². The second-order valence-corrected chi connectivity index (χ2v) is 12.7. The van der Waals surface area contributed by atoms with Crippen LogP contribution >= 0.6 is 23.2 Å². The largest absolute Gasteiger partial charge is 0.598 e. The zero-order valence-corrected chi connectivity index (χ0v) is 25.7. The second-order valence-electron chi connectivity index (χ2n) is 9.97. The fourth-order valence-electron chi connectivity index (χ4n) is 3.97. The Kier molecular flexibility index (Phi) is 9.51. The number of methoxy groups -OCH3 is 2. The number of aldehydes is 1. The predicted octanol–water partition coefficient (Wildman–Crippen LogP) is 6.52. The Morgan fingerprint density at radius 2 is 1.37 bits per heavy atom. The minimum absolute atomic E-state index is 0.0921. The van der Waals surface area contributed by atoms with E-state index in [9.17, 15) is 9.35 Å². The van der Waals surface area contributed by atoms with Crippen LogP contribution in [0.5, 0.6) is 11.8 Å². The molecule has 0 bridgehead atoms. The molecule has 4 aromatic rings. The van der Waals surface area contributed by atoms with E-state index >= 15 is 0 Å². The van der Waals surface area contributed by atoms with E-state index in [1.165, 1.54) is 20.4 Å². The molecule has 214 valence electrons. The molecule has 0 aliphatic rings. The van der Waals surface area contributed by atoms with Crippen molar-refractivity contribution in [2.45, 2.75) is 38.5 Å². The Morgan fingerprint density at radius 3 is 1.85 bits per heavy atom. The third-order valence-electron chi connectivity index (χ3n) is 6.12. The first-order chi connectivity index (χ1) is 19.5. The summed E-state index contributed by atoms with van der Waals surface area (Å²) < 4.78 is 26.0. The van der Waals surface area contributed by atoms with Gasteiger partial charge in [0.1, 0.15) is 10.4 Å². The van der Waals surface area contributed by atoms with Crippen LogP contribution in [0.2, 0.25) is 10.0 Å². The average molecular weight is 615 g/mol. The maximum Gasteiger partial charge on any atom is 0.243 e. The molecule has 2 heterocycles. The monoisotopic (exact) mass is 613 g/mol. The van der Waals surface area contributed by atoms with Crippen molar-refractivity contribution in [3.8, 4) is 45.4 Å². The van der Waals surface area contributed by atoms with Crippen molar-refractivity contribution in [2.24, 2.45) is 0 Å². The number of carbonyl (C=O) groups is 1. The van der Waals surface area contributed by atoms with Gasteiger partial charge >= 0.3 is 0 Å². The highest BCUT2D eigenvalue weighted by atomic mass is 35.5. The van der Waals surface area contributed by atoms with E-state index in [2.05, 4.69) is 24.7 Å². The molecule has 2 aromatic heterocycles. The SMILES string of the molecule is COc1nc(-c2cccc(-c3cccc(-c4cnc(C(C)N[S@+]([O-])C(C)(C)C)c(OC)n4)c3Cl)c2Cl)cnc1C=O. The van der Waals surface area contributed by atoms with Crippen LogP contribution in [0.25, 0.3) is 33.6 Å². The van der Waals surface area contributed by atoms with Gasteiger partial charge in [-0.05, 0) is 27.7 Å². The number of benzene rings is 2. The number of rotatable bonds is 9. The van der Waals surface area contributed by atoms with Gasteiger partial charge in [0.25, 0.3) is 0 Å². The van der Waals surface area contributed by atoms with E-state index in [0.717, 1.165) is 0 Å². The lowest BCUT2D eigenvalue weighted by molar-refractivity contribution is 0.111. The van der Waals surface area contributed by atoms with Gasteiger partial charge in [0.2, 0.25) is 11.8 Å². The van der Waals surface area contributed by atoms with Crippen molar-refractivity contribution in [1.29, 1.82) is 0 Å². The third-order valence-corrected chi connectivity index (χ3v) is 8.62. The Balaban J connectivity index is 1.73. The molecule has 0 aliphatic heterocycles. The molecule has 1 N–H and O–H groups in total. The normalized spacial score (nSPS) is 13.0. The predicted molar refractivity (Wildman–Crippen MR) is 162 cm³/mol. The van der Waals surface area contributed by atoms with Crippen LogP contribution in [0.15, 0.2) is 48.8 Å². The average Bonchev–Trinajstić information content (AvgIpc) is 2.96. The van der Waals surface area contributed by atoms with E-state index < -0.39 is 16.1 Å². The van der Waals surface area contributed by atoms with Crippen LogP contribution in [-0.4, -0.2) is 49.7 Å². The Hall–Kier alpha value is -3.28. The van der Waals surface area contributed by atoms with E-state index in [-0.39, 0.29) is 17.6 Å². The smallest absolute Gasteiger partial charge is 0.243 e. The topological polar surface area (TPSA) is 122 Å². The fraction of sp³-hybridized carbons (Fsp3) is 0.276. The van der Waals surface area contributed by atoms with Crippen molar-refractivity contribution >= 4 is 40.8 Å². The summed E-state index contributed by atoms with van der Waals surface area (Å²) in [6, 6.07) is 10.6. The lowest BCUT2D eigenvalue weighted by Gasteiger charge is -2.26. The molecule has 9 nitrogen and oxygen atoms in total. The van der Waals surface area contributed by atoms with Crippen molar-refractivity contribution in [2.75, 3.05) is 14.2 Å². The Labute approximate surface area is 252 Å². The molecule has 0 aliphatic carbocycles. The standard InChI is InChI=1S/C29H29Cl2N5O4S/c1-16(36-41(38)29(2,3)4)26-28(40-6)35-22(14-33-26)20-12-8-10-18(25(20)31)17-9-7-11-19(24(17)30)21-13-32-23(15-37)27(34-21)39-5/h7-16,36H,1-6H3/t16?,41-/m1/s1. The molecule has 2 aromatic carbocycles. The van der Waals surface area contributed by atoms with Crippen LogP contribution in [0.4, 0.5) is 0 Å². The van der Waals surface area contributed by atoms with Crippen molar-refractivity contribution in [1.82, 2.24) is 24.7 Å². The number of ether oxygens (including phenoxy) is 2. The highest BCUT2D eigenvalue weighted by Crippen LogP contribution is 2.42. The van der Waals surface area contributed by atoms with Crippen LogP contribution in [0, 0.1) is 0 Å². The first-order valence-corrected chi connectivity index (χ1v) is 14.4. The van der Waals surface area contributed by atoms with Gasteiger partial charge in [-0.25, -0.2) is 15.0 Å². The van der Waals surface area contributed by atoms with Crippen LogP contribution < -0.4 is 14.2 Å². The summed E-state index contributed by atoms with van der Waals surface area (Å²) in [5.74, 6) is 0.394. The van der Waals surface area contributed by atoms with Gasteiger partial charge in [-0.2, -0.15) is 0 Å². The molecule has 0 saturated heterocycles. The lowest BCUT2D eigenvalue weighted by Crippen LogP contribution is -2.40. The Bertz CT molecular complexity index is 1580. The number of nitrogens with one attached hydrogen (secondary N) is 1. The third kappa shape index (κ3) is 6.47. The molecule has 41 heavy (non-hydrogen) atoms. The molecular weight excluding hydrogens is 585 g/mol. The second kappa shape index (κ2) is 12.7. The van der Waals surface area contributed by atoms with E-state index in [0.29, 0.717) is 61.5 Å². The summed E-state index contributed by atoms with van der Waals surface area (Å²) in [6.45, 7) is 7.52. The van der Waals surface area contributed by atoms with Gasteiger partial charge in [-0.1, -0.05) is 59.6 Å². The van der Waals surface area contributed by atoms with Gasteiger partial charge in [-0.15, -0.1) is 4.72 Å². The molecule has 0 radical (unpaired) electrons. The van der Waals surface area contributed by atoms with E-state index in [1.54, 1.807) is 12.3 Å². The zero-order valence-electron chi connectivity index (χ0n) is 23.4. The molecular formula is C29H29Cl2N5O4S. The first-order valence-electron chi connectivity index (χ1n) is 12.5. The number of hydrogen-bond acceptors (Lipinski definition) is 9. The molecule has 0 amide bonds. The van der Waals surface area contributed by atoms with Crippen LogP contribution in [0.3, 0.4) is 0 Å². The van der Waals surface area contributed by atoms with Crippen molar-refractivity contribution in [3.63, 3.8) is 0 Å². The van der Waals surface area contributed by atoms with Gasteiger partial charge in [0.05, 0.1) is 54.1 Å². The summed E-state index contributed by atoms with van der Waals surface area (Å²) in [5.41, 5.74) is 4.09. The van der Waals surface area contributed by atoms with Crippen LogP contribution in [-0.2, 0) is 11.4 Å². The summed E-state index contributed by atoms with van der Waals surface area (Å²) >= 11 is 12.5. The quantitative estimate of drug-likeness (QED) is 0.166. The summed E-state index contributed by atoms with van der Waals surface area (Å²) in [4.78, 5) is 29.0.